The lowest BCUT2D eigenvalue weighted by molar-refractivity contribution is 0.0950. The number of carbonyl (C=O) groups is 1. The van der Waals surface area contributed by atoms with E-state index in [0.29, 0.717) is 12.1 Å². The fourth-order valence-electron chi connectivity index (χ4n) is 4.15. The number of piperazine rings is 1. The minimum absolute atomic E-state index is 0.125. The van der Waals surface area contributed by atoms with Crippen LogP contribution in [-0.2, 0) is 13.1 Å². The van der Waals surface area contributed by atoms with Crippen LogP contribution >= 0.6 is 0 Å². The first-order valence-electron chi connectivity index (χ1n) is 11.2. The molecule has 0 aromatic carbocycles. The molecular weight excluding hydrogens is 414 g/mol. The summed E-state index contributed by atoms with van der Waals surface area (Å²) in [6, 6.07) is 12.2. The van der Waals surface area contributed by atoms with Gasteiger partial charge in [0.25, 0.3) is 5.91 Å². The van der Waals surface area contributed by atoms with Gasteiger partial charge in [-0.2, -0.15) is 0 Å². The lowest BCUT2D eigenvalue weighted by atomic mass is 10.2. The van der Waals surface area contributed by atoms with Crippen molar-refractivity contribution in [1.82, 2.24) is 29.6 Å². The smallest absolute Gasteiger partial charge is 0.253 e. The van der Waals surface area contributed by atoms with Crippen LogP contribution in [0.1, 0.15) is 27.3 Å². The zero-order valence-electron chi connectivity index (χ0n) is 18.7. The highest BCUT2D eigenvalue weighted by atomic mass is 16.1. The molecule has 5 heterocycles. The number of anilines is 1. The van der Waals surface area contributed by atoms with Crippen LogP contribution in [0, 0.1) is 6.92 Å². The van der Waals surface area contributed by atoms with Crippen LogP contribution in [0.5, 0.6) is 0 Å². The number of fused-ring (bicyclic) bond motifs is 1. The highest BCUT2D eigenvalue weighted by Crippen LogP contribution is 2.22. The Kier molecular flexibility index (Phi) is 5.99. The summed E-state index contributed by atoms with van der Waals surface area (Å²) in [4.78, 5) is 30.3. The van der Waals surface area contributed by atoms with Crippen LogP contribution in [0.3, 0.4) is 0 Å². The van der Waals surface area contributed by atoms with Crippen molar-refractivity contribution in [3.05, 3.63) is 89.9 Å². The van der Waals surface area contributed by atoms with E-state index >= 15 is 0 Å². The molecule has 0 bridgehead atoms. The first-order chi connectivity index (χ1) is 16.2. The third kappa shape index (κ3) is 4.85. The summed E-state index contributed by atoms with van der Waals surface area (Å²) in [5.74, 6) is 0.991. The molecule has 0 unspecified atom stereocenters. The zero-order valence-corrected chi connectivity index (χ0v) is 18.7. The average Bonchev–Trinajstić information content (AvgIpc) is 3.28. The minimum Gasteiger partial charge on any atom is -0.355 e. The molecule has 8 nitrogen and oxygen atoms in total. The van der Waals surface area contributed by atoms with E-state index in [1.165, 1.54) is 5.56 Å². The number of carbonyl (C=O) groups excluding carboxylic acids is 1. The van der Waals surface area contributed by atoms with E-state index in [9.17, 15) is 4.79 Å². The van der Waals surface area contributed by atoms with Gasteiger partial charge in [-0.1, -0.05) is 6.07 Å². The molecule has 1 aliphatic rings. The molecule has 1 N–H and O–H groups in total. The normalized spacial score (nSPS) is 14.5. The van der Waals surface area contributed by atoms with E-state index in [0.717, 1.165) is 55.4 Å². The highest BCUT2D eigenvalue weighted by molar-refractivity contribution is 5.94. The molecule has 1 amide bonds. The molecular formula is C25H27N7O. The van der Waals surface area contributed by atoms with Crippen LogP contribution in [0.2, 0.25) is 0 Å². The van der Waals surface area contributed by atoms with Gasteiger partial charge in [0.1, 0.15) is 5.82 Å². The first kappa shape index (κ1) is 21.1. The van der Waals surface area contributed by atoms with Crippen molar-refractivity contribution in [3.63, 3.8) is 0 Å². The molecule has 4 aromatic rings. The standard InChI is InChI=1S/C25H27N7O/c1-19-13-28-22(15-27-19)16-29-25(33)21-4-5-23-6-7-24(32(23)18-21)31-11-9-30(10-12-31)17-20-3-2-8-26-14-20/h2-8,13-15,18H,9-12,16-17H2,1H3,(H,29,33). The van der Waals surface area contributed by atoms with Crippen LogP contribution in [0.25, 0.3) is 5.52 Å². The zero-order chi connectivity index (χ0) is 22.6. The van der Waals surface area contributed by atoms with Crippen molar-refractivity contribution in [3.8, 4) is 0 Å². The van der Waals surface area contributed by atoms with Gasteiger partial charge in [0.05, 0.1) is 29.7 Å². The van der Waals surface area contributed by atoms with Gasteiger partial charge < -0.3 is 14.6 Å². The van der Waals surface area contributed by atoms with Gasteiger partial charge in [0.15, 0.2) is 0 Å². The second-order valence-corrected chi connectivity index (χ2v) is 8.36. The van der Waals surface area contributed by atoms with Gasteiger partial charge >= 0.3 is 0 Å². The molecule has 4 aromatic heterocycles. The van der Waals surface area contributed by atoms with Crippen molar-refractivity contribution in [2.45, 2.75) is 20.0 Å². The Morgan fingerprint density at radius 1 is 1.00 bits per heavy atom. The highest BCUT2D eigenvalue weighted by Gasteiger charge is 2.20. The van der Waals surface area contributed by atoms with Gasteiger partial charge in [0, 0.05) is 63.0 Å². The Balaban J connectivity index is 1.24. The molecule has 8 heteroatoms. The van der Waals surface area contributed by atoms with Crippen LogP contribution in [0.4, 0.5) is 5.82 Å². The predicted octanol–water partition coefficient (Wildman–Crippen LogP) is 2.68. The number of amides is 1. The van der Waals surface area contributed by atoms with E-state index in [4.69, 9.17) is 0 Å². The van der Waals surface area contributed by atoms with Gasteiger partial charge in [-0.05, 0) is 42.8 Å². The molecule has 1 aliphatic heterocycles. The Labute approximate surface area is 192 Å². The van der Waals surface area contributed by atoms with Crippen LogP contribution in [0.15, 0.2) is 67.4 Å². The molecule has 5 rings (SSSR count). The maximum absolute atomic E-state index is 12.8. The Hall–Kier alpha value is -3.78. The number of rotatable bonds is 6. The lowest BCUT2D eigenvalue weighted by Gasteiger charge is -2.35. The summed E-state index contributed by atoms with van der Waals surface area (Å²) < 4.78 is 2.11. The summed E-state index contributed by atoms with van der Waals surface area (Å²) in [6.45, 7) is 7.01. The maximum Gasteiger partial charge on any atom is 0.253 e. The van der Waals surface area contributed by atoms with Crippen molar-refractivity contribution in [2.75, 3.05) is 31.1 Å². The molecule has 0 radical (unpaired) electrons. The number of aryl methyl sites for hydroxylation is 1. The average molecular weight is 442 g/mol. The number of aromatic nitrogens is 4. The Morgan fingerprint density at radius 3 is 2.61 bits per heavy atom. The second-order valence-electron chi connectivity index (χ2n) is 8.36. The number of nitrogens with one attached hydrogen (secondary N) is 1. The fraction of sp³-hybridized carbons (Fsp3) is 0.280. The van der Waals surface area contributed by atoms with E-state index in [1.54, 1.807) is 12.4 Å². The van der Waals surface area contributed by atoms with Crippen LogP contribution in [-0.4, -0.2) is 56.3 Å². The number of pyridine rings is 2. The SMILES string of the molecule is Cc1cnc(CNC(=O)c2ccc3ccc(N4CCN(Cc5cccnc5)CC4)n3c2)cn1. The summed E-state index contributed by atoms with van der Waals surface area (Å²) in [6.07, 6.45) is 9.06. The van der Waals surface area contributed by atoms with Crippen molar-refractivity contribution in [2.24, 2.45) is 0 Å². The van der Waals surface area contributed by atoms with Crippen molar-refractivity contribution >= 4 is 17.2 Å². The second kappa shape index (κ2) is 9.38. The van der Waals surface area contributed by atoms with Gasteiger partial charge in [-0.25, -0.2) is 0 Å². The molecule has 168 valence electrons. The van der Waals surface area contributed by atoms with Crippen molar-refractivity contribution < 1.29 is 4.79 Å². The molecule has 1 saturated heterocycles. The number of nitrogens with zero attached hydrogens (tertiary/aromatic N) is 6. The quantitative estimate of drug-likeness (QED) is 0.496. The monoisotopic (exact) mass is 441 g/mol. The number of hydrogen-bond acceptors (Lipinski definition) is 6. The van der Waals surface area contributed by atoms with Gasteiger partial charge in [-0.15, -0.1) is 0 Å². The molecule has 33 heavy (non-hydrogen) atoms. The third-order valence-electron chi connectivity index (χ3n) is 5.98. The van der Waals surface area contributed by atoms with Crippen molar-refractivity contribution in [1.29, 1.82) is 0 Å². The largest absolute Gasteiger partial charge is 0.355 e. The van der Waals surface area contributed by atoms with E-state index in [1.807, 2.05) is 43.7 Å². The van der Waals surface area contributed by atoms with Crippen LogP contribution < -0.4 is 10.2 Å². The Bertz CT molecular complexity index is 1230. The third-order valence-corrected chi connectivity index (χ3v) is 5.98. The van der Waals surface area contributed by atoms with Gasteiger partial charge in [-0.3, -0.25) is 24.6 Å². The predicted molar refractivity (Wildman–Crippen MR) is 127 cm³/mol. The summed E-state index contributed by atoms with van der Waals surface area (Å²) in [7, 11) is 0. The fourth-order valence-corrected chi connectivity index (χ4v) is 4.15. The van der Waals surface area contributed by atoms with E-state index in [2.05, 4.69) is 52.7 Å². The van der Waals surface area contributed by atoms with Gasteiger partial charge in [0.2, 0.25) is 0 Å². The molecule has 0 aliphatic carbocycles. The lowest BCUT2D eigenvalue weighted by Crippen LogP contribution is -2.46. The summed E-state index contributed by atoms with van der Waals surface area (Å²) in [5, 5.41) is 2.94. The summed E-state index contributed by atoms with van der Waals surface area (Å²) >= 11 is 0. The maximum atomic E-state index is 12.8. The molecule has 0 atom stereocenters. The summed E-state index contributed by atoms with van der Waals surface area (Å²) in [5.41, 5.74) is 4.53. The molecule has 1 fully saturated rings. The minimum atomic E-state index is -0.125. The first-order valence-corrected chi connectivity index (χ1v) is 11.2. The van der Waals surface area contributed by atoms with E-state index < -0.39 is 0 Å². The Morgan fingerprint density at radius 2 is 1.85 bits per heavy atom. The molecule has 0 spiro atoms. The molecule has 0 saturated carbocycles. The number of hydrogen-bond donors (Lipinski definition) is 1. The van der Waals surface area contributed by atoms with E-state index in [-0.39, 0.29) is 5.91 Å². The topological polar surface area (TPSA) is 78.7 Å².